The molecule has 258 valence electrons. The largest absolute Gasteiger partial charge is 0.455 e. The molecule has 0 unspecified atom stereocenters. The third-order valence-corrected chi connectivity index (χ3v) is 10.2. The lowest BCUT2D eigenvalue weighted by molar-refractivity contribution is 0.671. The van der Waals surface area contributed by atoms with Crippen molar-refractivity contribution in [2.75, 3.05) is 0 Å². The molecule has 4 nitrogen and oxygen atoms in total. The summed E-state index contributed by atoms with van der Waals surface area (Å²) in [4.78, 5) is 15.3. The van der Waals surface area contributed by atoms with E-state index in [1.807, 2.05) is 72.8 Å². The standard InChI is InChI=1S/C51H33N3O/c1-5-15-34(16-6-1)36-27-29-37(30-28-36)42-25-14-26-43-44-31-32-45(46(48(44)55-47(42)43)41-24-13-23-40(33-41)35-17-7-2-8-18-35)51-53-49(38-19-9-3-10-20-38)52-50(54-51)39-21-11-4-12-22-39/h1-33H. The van der Waals surface area contributed by atoms with Gasteiger partial charge >= 0.3 is 0 Å². The van der Waals surface area contributed by atoms with Crippen molar-refractivity contribution in [2.45, 2.75) is 0 Å². The van der Waals surface area contributed by atoms with E-state index in [9.17, 15) is 0 Å². The molecular formula is C51H33N3O. The molecule has 0 radical (unpaired) electrons. The normalized spacial score (nSPS) is 11.3. The summed E-state index contributed by atoms with van der Waals surface area (Å²) in [6.07, 6.45) is 0. The molecule has 10 rings (SSSR count). The van der Waals surface area contributed by atoms with Crippen LogP contribution in [-0.4, -0.2) is 15.0 Å². The Labute approximate surface area is 319 Å². The molecule has 0 aliphatic carbocycles. The first-order chi connectivity index (χ1) is 27.3. The van der Waals surface area contributed by atoms with Gasteiger partial charge in [0.2, 0.25) is 0 Å². The van der Waals surface area contributed by atoms with Crippen LogP contribution in [0, 0.1) is 0 Å². The van der Waals surface area contributed by atoms with Crippen LogP contribution in [0.15, 0.2) is 205 Å². The van der Waals surface area contributed by atoms with Gasteiger partial charge in [-0.3, -0.25) is 0 Å². The van der Waals surface area contributed by atoms with Crippen molar-refractivity contribution in [3.05, 3.63) is 200 Å². The summed E-state index contributed by atoms with van der Waals surface area (Å²) in [5.74, 6) is 1.80. The minimum absolute atomic E-state index is 0.576. The van der Waals surface area contributed by atoms with Crippen LogP contribution in [0.5, 0.6) is 0 Å². The predicted molar refractivity (Wildman–Crippen MR) is 225 cm³/mol. The highest BCUT2D eigenvalue weighted by molar-refractivity contribution is 6.15. The SMILES string of the molecule is c1ccc(-c2ccc(-c3cccc4c3oc3c(-c5cccc(-c6ccccc6)c5)c(-c5nc(-c6ccccc6)nc(-c6ccccc6)n5)ccc34)cc2)cc1. The lowest BCUT2D eigenvalue weighted by atomic mass is 9.93. The van der Waals surface area contributed by atoms with Crippen LogP contribution in [0.2, 0.25) is 0 Å². The van der Waals surface area contributed by atoms with Gasteiger partial charge in [-0.25, -0.2) is 15.0 Å². The van der Waals surface area contributed by atoms with Crippen LogP contribution < -0.4 is 0 Å². The molecule has 0 saturated carbocycles. The van der Waals surface area contributed by atoms with Crippen molar-refractivity contribution in [2.24, 2.45) is 0 Å². The maximum absolute atomic E-state index is 7.10. The molecule has 2 heterocycles. The number of benzene rings is 8. The average molecular weight is 704 g/mol. The summed E-state index contributed by atoms with van der Waals surface area (Å²) in [7, 11) is 0. The van der Waals surface area contributed by atoms with Crippen molar-refractivity contribution in [1.82, 2.24) is 15.0 Å². The summed E-state index contributed by atoms with van der Waals surface area (Å²) in [5.41, 5.74) is 13.0. The predicted octanol–water partition coefficient (Wildman–Crippen LogP) is 13.4. The highest BCUT2D eigenvalue weighted by atomic mass is 16.3. The Morgan fingerprint density at radius 2 is 0.727 bits per heavy atom. The van der Waals surface area contributed by atoms with Gasteiger partial charge < -0.3 is 4.42 Å². The highest BCUT2D eigenvalue weighted by Crippen LogP contribution is 2.45. The van der Waals surface area contributed by atoms with E-state index in [4.69, 9.17) is 19.4 Å². The van der Waals surface area contributed by atoms with Crippen molar-refractivity contribution in [1.29, 1.82) is 0 Å². The van der Waals surface area contributed by atoms with E-state index in [2.05, 4.69) is 127 Å². The zero-order valence-corrected chi connectivity index (χ0v) is 29.8. The molecule has 0 N–H and O–H groups in total. The Morgan fingerprint density at radius 3 is 1.35 bits per heavy atom. The molecule has 4 heteroatoms. The minimum atomic E-state index is 0.576. The second-order valence-electron chi connectivity index (χ2n) is 13.6. The maximum Gasteiger partial charge on any atom is 0.164 e. The zero-order chi connectivity index (χ0) is 36.6. The number of para-hydroxylation sites is 1. The van der Waals surface area contributed by atoms with E-state index in [1.165, 1.54) is 11.1 Å². The molecule has 0 saturated heterocycles. The number of aromatic nitrogens is 3. The number of furan rings is 1. The van der Waals surface area contributed by atoms with Gasteiger partial charge in [0.05, 0.1) is 0 Å². The first-order valence-electron chi connectivity index (χ1n) is 18.4. The van der Waals surface area contributed by atoms with Gasteiger partial charge in [0.1, 0.15) is 11.2 Å². The van der Waals surface area contributed by atoms with Crippen LogP contribution in [0.1, 0.15) is 0 Å². The van der Waals surface area contributed by atoms with Gasteiger partial charge in [-0.2, -0.15) is 0 Å². The molecule has 0 aliphatic rings. The third-order valence-electron chi connectivity index (χ3n) is 10.2. The highest BCUT2D eigenvalue weighted by Gasteiger charge is 2.23. The summed E-state index contributed by atoms with van der Waals surface area (Å²) >= 11 is 0. The summed E-state index contributed by atoms with van der Waals surface area (Å²) < 4.78 is 7.10. The lowest BCUT2D eigenvalue weighted by Crippen LogP contribution is -2.01. The van der Waals surface area contributed by atoms with Crippen LogP contribution in [0.25, 0.3) is 101 Å². The summed E-state index contributed by atoms with van der Waals surface area (Å²) in [6.45, 7) is 0. The number of hydrogen-bond acceptors (Lipinski definition) is 4. The van der Waals surface area contributed by atoms with E-state index in [0.717, 1.165) is 72.0 Å². The molecule has 0 atom stereocenters. The molecule has 10 aromatic rings. The van der Waals surface area contributed by atoms with Crippen molar-refractivity contribution in [3.8, 4) is 78.7 Å². The quantitative estimate of drug-likeness (QED) is 0.166. The van der Waals surface area contributed by atoms with Crippen LogP contribution in [0.4, 0.5) is 0 Å². The first kappa shape index (κ1) is 32.2. The summed E-state index contributed by atoms with van der Waals surface area (Å²) in [6, 6.07) is 69.2. The second kappa shape index (κ2) is 13.8. The Balaban J connectivity index is 1.22. The molecule has 0 spiro atoms. The Bertz CT molecular complexity index is 2880. The minimum Gasteiger partial charge on any atom is -0.455 e. The molecule has 8 aromatic carbocycles. The molecule has 0 aliphatic heterocycles. The number of rotatable bonds is 7. The van der Waals surface area contributed by atoms with Gasteiger partial charge in [-0.05, 0) is 51.6 Å². The van der Waals surface area contributed by atoms with Crippen LogP contribution >= 0.6 is 0 Å². The smallest absolute Gasteiger partial charge is 0.164 e. The number of hydrogen-bond donors (Lipinski definition) is 0. The monoisotopic (exact) mass is 703 g/mol. The Kier molecular flexibility index (Phi) is 8.12. The van der Waals surface area contributed by atoms with E-state index in [0.29, 0.717) is 17.5 Å². The second-order valence-corrected chi connectivity index (χ2v) is 13.6. The van der Waals surface area contributed by atoms with E-state index < -0.39 is 0 Å². The average Bonchev–Trinajstić information content (AvgIpc) is 3.66. The van der Waals surface area contributed by atoms with Crippen molar-refractivity contribution >= 4 is 21.9 Å². The fourth-order valence-corrected chi connectivity index (χ4v) is 7.45. The Hall–Kier alpha value is -7.43. The molecule has 0 fully saturated rings. The van der Waals surface area contributed by atoms with Crippen molar-refractivity contribution in [3.63, 3.8) is 0 Å². The fraction of sp³-hybridized carbons (Fsp3) is 0. The zero-order valence-electron chi connectivity index (χ0n) is 29.8. The van der Waals surface area contributed by atoms with Gasteiger partial charge in [-0.15, -0.1) is 0 Å². The topological polar surface area (TPSA) is 51.8 Å². The van der Waals surface area contributed by atoms with Crippen LogP contribution in [-0.2, 0) is 0 Å². The van der Waals surface area contributed by atoms with Gasteiger partial charge in [0.15, 0.2) is 17.5 Å². The maximum atomic E-state index is 7.10. The Morgan fingerprint density at radius 1 is 0.273 bits per heavy atom. The number of nitrogens with zero attached hydrogens (tertiary/aromatic N) is 3. The summed E-state index contributed by atoms with van der Waals surface area (Å²) in [5, 5.41) is 2.08. The molecular weight excluding hydrogens is 671 g/mol. The molecule has 2 aromatic heterocycles. The van der Waals surface area contributed by atoms with Crippen molar-refractivity contribution < 1.29 is 4.42 Å². The van der Waals surface area contributed by atoms with Crippen LogP contribution in [0.3, 0.4) is 0 Å². The van der Waals surface area contributed by atoms with E-state index >= 15 is 0 Å². The van der Waals surface area contributed by atoms with E-state index in [-0.39, 0.29) is 0 Å². The lowest BCUT2D eigenvalue weighted by Gasteiger charge is -2.13. The fourth-order valence-electron chi connectivity index (χ4n) is 7.45. The van der Waals surface area contributed by atoms with Gasteiger partial charge in [-0.1, -0.05) is 182 Å². The van der Waals surface area contributed by atoms with Gasteiger partial charge in [0, 0.05) is 38.6 Å². The molecule has 55 heavy (non-hydrogen) atoms. The third kappa shape index (κ3) is 6.06. The van der Waals surface area contributed by atoms with E-state index in [1.54, 1.807) is 0 Å². The van der Waals surface area contributed by atoms with Gasteiger partial charge in [0.25, 0.3) is 0 Å². The first-order valence-corrected chi connectivity index (χ1v) is 18.4. The molecule has 0 amide bonds. The molecule has 0 bridgehead atoms. The number of fused-ring (bicyclic) bond motifs is 3.